The second-order valence-corrected chi connectivity index (χ2v) is 3.98. The molecule has 2 aromatic rings. The molecule has 0 aliphatic heterocycles. The molecule has 0 unspecified atom stereocenters. The molecule has 3 heteroatoms. The minimum absolute atomic E-state index is 0.395. The second-order valence-electron chi connectivity index (χ2n) is 3.98. The summed E-state index contributed by atoms with van der Waals surface area (Å²) in [5, 5.41) is 3.28. The second kappa shape index (κ2) is 4.39. The van der Waals surface area contributed by atoms with Gasteiger partial charge in [-0.1, -0.05) is 0 Å². The number of halogens is 1. The van der Waals surface area contributed by atoms with E-state index in [2.05, 4.69) is 19.2 Å². The lowest BCUT2D eigenvalue weighted by atomic mass is 10.1. The van der Waals surface area contributed by atoms with E-state index in [4.69, 9.17) is 4.42 Å². The molecule has 0 aliphatic carbocycles. The van der Waals surface area contributed by atoms with Crippen LogP contribution in [0.15, 0.2) is 40.8 Å². The number of furan rings is 1. The Hall–Kier alpha value is -1.77. The van der Waals surface area contributed by atoms with Crippen molar-refractivity contribution in [1.29, 1.82) is 0 Å². The molecule has 0 fully saturated rings. The molecule has 0 saturated carbocycles. The van der Waals surface area contributed by atoms with Gasteiger partial charge in [-0.3, -0.25) is 0 Å². The molecular weight excluding hydrogens is 205 g/mol. The lowest BCUT2D eigenvalue weighted by molar-refractivity contribution is 0.367. The van der Waals surface area contributed by atoms with E-state index in [-0.39, 0.29) is 0 Å². The van der Waals surface area contributed by atoms with Crippen LogP contribution >= 0.6 is 0 Å². The first-order valence-corrected chi connectivity index (χ1v) is 5.27. The molecule has 1 heterocycles. The van der Waals surface area contributed by atoms with Gasteiger partial charge < -0.3 is 9.73 Å². The minimum Gasteiger partial charge on any atom is -0.431 e. The van der Waals surface area contributed by atoms with Gasteiger partial charge in [-0.25, -0.2) is 0 Å². The first kappa shape index (κ1) is 10.7. The molecule has 0 spiro atoms. The smallest absolute Gasteiger partial charge is 0.278 e. The van der Waals surface area contributed by atoms with Crippen molar-refractivity contribution in [3.05, 3.63) is 42.4 Å². The van der Waals surface area contributed by atoms with Gasteiger partial charge >= 0.3 is 0 Å². The van der Waals surface area contributed by atoms with Crippen LogP contribution < -0.4 is 5.32 Å². The van der Waals surface area contributed by atoms with Crippen molar-refractivity contribution in [2.75, 3.05) is 5.32 Å². The summed E-state index contributed by atoms with van der Waals surface area (Å²) in [4.78, 5) is 0. The van der Waals surface area contributed by atoms with Crippen LogP contribution in [0.4, 0.5) is 10.1 Å². The summed E-state index contributed by atoms with van der Waals surface area (Å²) >= 11 is 0. The molecule has 16 heavy (non-hydrogen) atoms. The van der Waals surface area contributed by atoms with E-state index in [1.165, 1.54) is 6.07 Å². The van der Waals surface area contributed by atoms with Gasteiger partial charge in [-0.15, -0.1) is 0 Å². The maximum Gasteiger partial charge on any atom is 0.278 e. The molecule has 1 N–H and O–H groups in total. The van der Waals surface area contributed by atoms with Crippen molar-refractivity contribution in [1.82, 2.24) is 0 Å². The Morgan fingerprint density at radius 2 is 1.75 bits per heavy atom. The Morgan fingerprint density at radius 1 is 1.06 bits per heavy atom. The van der Waals surface area contributed by atoms with Gasteiger partial charge in [0.25, 0.3) is 6.01 Å². The van der Waals surface area contributed by atoms with Crippen LogP contribution in [0.5, 0.6) is 0 Å². The molecule has 0 bridgehead atoms. The Balaban J connectivity index is 2.19. The largest absolute Gasteiger partial charge is 0.431 e. The predicted molar refractivity (Wildman–Crippen MR) is 62.9 cm³/mol. The Kier molecular flexibility index (Phi) is 2.95. The molecular formula is C13H14FNO. The molecule has 2 rings (SSSR count). The first-order chi connectivity index (χ1) is 7.65. The number of anilines is 1. The third kappa shape index (κ3) is 2.42. The van der Waals surface area contributed by atoms with Crippen LogP contribution in [0.1, 0.15) is 13.8 Å². The zero-order valence-corrected chi connectivity index (χ0v) is 9.33. The average molecular weight is 219 g/mol. The minimum atomic E-state index is -0.556. The van der Waals surface area contributed by atoms with Crippen LogP contribution in [0.25, 0.3) is 11.3 Å². The molecule has 0 aliphatic rings. The third-order valence-corrected chi connectivity index (χ3v) is 2.20. The highest BCUT2D eigenvalue weighted by molar-refractivity contribution is 5.61. The highest BCUT2D eigenvalue weighted by Crippen LogP contribution is 2.23. The van der Waals surface area contributed by atoms with Gasteiger partial charge in [0.1, 0.15) is 5.76 Å². The zero-order chi connectivity index (χ0) is 11.5. The predicted octanol–water partition coefficient (Wildman–Crippen LogP) is 3.91. The van der Waals surface area contributed by atoms with Gasteiger partial charge in [-0.2, -0.15) is 4.39 Å². The van der Waals surface area contributed by atoms with Crippen LogP contribution in [-0.2, 0) is 0 Å². The van der Waals surface area contributed by atoms with Gasteiger partial charge in [0, 0.05) is 23.4 Å². The molecule has 0 amide bonds. The van der Waals surface area contributed by atoms with Gasteiger partial charge in [0.05, 0.1) is 0 Å². The number of benzene rings is 1. The van der Waals surface area contributed by atoms with E-state index in [1.807, 2.05) is 24.3 Å². The Morgan fingerprint density at radius 3 is 2.25 bits per heavy atom. The van der Waals surface area contributed by atoms with Crippen molar-refractivity contribution >= 4 is 5.69 Å². The lowest BCUT2D eigenvalue weighted by Crippen LogP contribution is -2.09. The molecule has 1 aromatic heterocycles. The average Bonchev–Trinajstić information content (AvgIpc) is 2.65. The van der Waals surface area contributed by atoms with E-state index in [0.29, 0.717) is 11.8 Å². The SMILES string of the molecule is CC(C)Nc1ccc(-c2ccc(F)o2)cc1. The number of nitrogens with one attached hydrogen (secondary N) is 1. The van der Waals surface area contributed by atoms with Gasteiger partial charge in [-0.05, 0) is 44.2 Å². The van der Waals surface area contributed by atoms with Crippen LogP contribution in [0.2, 0.25) is 0 Å². The zero-order valence-electron chi connectivity index (χ0n) is 9.33. The summed E-state index contributed by atoms with van der Waals surface area (Å²) in [7, 11) is 0. The number of hydrogen-bond acceptors (Lipinski definition) is 2. The summed E-state index contributed by atoms with van der Waals surface area (Å²) in [6, 6.07) is 10.5. The van der Waals surface area contributed by atoms with Crippen LogP contribution in [-0.4, -0.2) is 6.04 Å². The fourth-order valence-corrected chi connectivity index (χ4v) is 1.53. The van der Waals surface area contributed by atoms with Crippen molar-refractivity contribution < 1.29 is 8.81 Å². The highest BCUT2D eigenvalue weighted by Gasteiger charge is 2.04. The fourth-order valence-electron chi connectivity index (χ4n) is 1.53. The standard InChI is InChI=1S/C13H14FNO/c1-9(2)15-11-5-3-10(4-6-11)12-7-8-13(14)16-12/h3-9,15H,1-2H3. The van der Waals surface area contributed by atoms with E-state index >= 15 is 0 Å². The van der Waals surface area contributed by atoms with Gasteiger partial charge in [0.15, 0.2) is 0 Å². The summed E-state index contributed by atoms with van der Waals surface area (Å²) in [6.45, 7) is 4.16. The number of hydrogen-bond donors (Lipinski definition) is 1. The van der Waals surface area contributed by atoms with Crippen molar-refractivity contribution in [2.45, 2.75) is 19.9 Å². The van der Waals surface area contributed by atoms with Crippen LogP contribution in [0, 0.1) is 6.01 Å². The lowest BCUT2D eigenvalue weighted by Gasteiger charge is -2.09. The Labute approximate surface area is 94.1 Å². The summed E-state index contributed by atoms with van der Waals surface area (Å²) in [5.41, 5.74) is 1.92. The van der Waals surface area contributed by atoms with E-state index < -0.39 is 6.01 Å². The van der Waals surface area contributed by atoms with Gasteiger partial charge in [0.2, 0.25) is 0 Å². The highest BCUT2D eigenvalue weighted by atomic mass is 19.1. The summed E-state index contributed by atoms with van der Waals surface area (Å²) in [6.07, 6.45) is 0. The monoisotopic (exact) mass is 219 g/mol. The van der Waals surface area contributed by atoms with Crippen molar-refractivity contribution in [2.24, 2.45) is 0 Å². The molecule has 2 nitrogen and oxygen atoms in total. The van der Waals surface area contributed by atoms with Crippen molar-refractivity contribution in [3.63, 3.8) is 0 Å². The van der Waals surface area contributed by atoms with E-state index in [0.717, 1.165) is 11.3 Å². The quantitative estimate of drug-likeness (QED) is 0.846. The topological polar surface area (TPSA) is 25.2 Å². The molecule has 0 radical (unpaired) electrons. The third-order valence-electron chi connectivity index (χ3n) is 2.20. The maximum absolute atomic E-state index is 12.7. The summed E-state index contributed by atoms with van der Waals surface area (Å²) < 4.78 is 17.6. The maximum atomic E-state index is 12.7. The molecule has 0 atom stereocenters. The molecule has 84 valence electrons. The fraction of sp³-hybridized carbons (Fsp3) is 0.231. The number of rotatable bonds is 3. The van der Waals surface area contributed by atoms with Crippen LogP contribution in [0.3, 0.4) is 0 Å². The Bertz CT molecular complexity index is 459. The summed E-state index contributed by atoms with van der Waals surface area (Å²) in [5.74, 6) is 0.550. The normalized spacial score (nSPS) is 10.8. The van der Waals surface area contributed by atoms with E-state index in [1.54, 1.807) is 6.07 Å². The van der Waals surface area contributed by atoms with Crippen molar-refractivity contribution in [3.8, 4) is 11.3 Å². The first-order valence-electron chi connectivity index (χ1n) is 5.27. The molecule has 1 aromatic carbocycles. The molecule has 0 saturated heterocycles. The van der Waals surface area contributed by atoms with E-state index in [9.17, 15) is 4.39 Å².